The van der Waals surface area contributed by atoms with E-state index in [1.54, 1.807) is 0 Å². The summed E-state index contributed by atoms with van der Waals surface area (Å²) in [6.45, 7) is 0. The van der Waals surface area contributed by atoms with Gasteiger partial charge < -0.3 is 31.5 Å². The maximum absolute atomic E-state index is 10.7. The largest absolute Gasteiger partial charge is 0.480 e. The smallest absolute Gasteiger partial charge is 0.320 e. The number of aliphatic hydroxyl groups excluding tert-OH is 2. The fourth-order valence-electron chi connectivity index (χ4n) is 2.26. The van der Waals surface area contributed by atoms with Crippen molar-refractivity contribution in [2.45, 2.75) is 30.9 Å². The maximum Gasteiger partial charge on any atom is 0.320 e. The number of nitrogen functional groups attached to an aromatic ring is 1. The Bertz CT molecular complexity index is 744. The van der Waals surface area contributed by atoms with Crippen molar-refractivity contribution in [2.24, 2.45) is 5.73 Å². The number of carboxylic acids is 1. The van der Waals surface area contributed by atoms with E-state index in [9.17, 15) is 15.0 Å². The zero-order valence-electron chi connectivity index (χ0n) is 14.1. The fourth-order valence-corrected chi connectivity index (χ4v) is 3.41. The van der Waals surface area contributed by atoms with E-state index in [0.717, 1.165) is 0 Å². The topological polar surface area (TPSA) is 183 Å². The minimum atomic E-state index is -1.36. The van der Waals surface area contributed by atoms with E-state index >= 15 is 0 Å². The molecule has 26 heavy (non-hydrogen) atoms. The van der Waals surface area contributed by atoms with E-state index < -0.39 is 30.4 Å². The molecular formula is C14H22N6O5S. The molecule has 144 valence electrons. The Labute approximate surface area is 153 Å². The summed E-state index contributed by atoms with van der Waals surface area (Å²) >= 11 is 1.37. The summed E-state index contributed by atoms with van der Waals surface area (Å²) in [5.74, 6) is -0.0692. The molecule has 0 spiro atoms. The van der Waals surface area contributed by atoms with Crippen molar-refractivity contribution in [1.29, 1.82) is 0 Å². The highest BCUT2D eigenvalue weighted by atomic mass is 32.2. The highest BCUT2D eigenvalue weighted by molar-refractivity contribution is 7.99. The number of fused-ring (bicyclic) bond motifs is 1. The first-order chi connectivity index (χ1) is 12.4. The number of anilines is 1. The van der Waals surface area contributed by atoms with Gasteiger partial charge in [-0.25, -0.2) is 15.0 Å². The molecule has 2 aromatic heterocycles. The lowest BCUT2D eigenvalue weighted by Crippen LogP contribution is -2.38. The van der Waals surface area contributed by atoms with Crippen molar-refractivity contribution in [2.75, 3.05) is 24.3 Å². The molecule has 2 aromatic rings. The van der Waals surface area contributed by atoms with E-state index in [1.807, 2.05) is 0 Å². The van der Waals surface area contributed by atoms with Gasteiger partial charge in [0.1, 0.15) is 24.0 Å². The predicted octanol–water partition coefficient (Wildman–Crippen LogP) is -1.19. The number of aliphatic hydroxyl groups is 2. The van der Waals surface area contributed by atoms with Crippen molar-refractivity contribution in [3.63, 3.8) is 0 Å². The first-order valence-electron chi connectivity index (χ1n) is 7.74. The molecule has 0 aliphatic rings. The second kappa shape index (κ2) is 9.09. The highest BCUT2D eigenvalue weighted by Crippen LogP contribution is 2.22. The van der Waals surface area contributed by atoms with Crippen LogP contribution in [0, 0.1) is 0 Å². The number of rotatable bonds is 10. The summed E-state index contributed by atoms with van der Waals surface area (Å²) in [5.41, 5.74) is 11.8. The van der Waals surface area contributed by atoms with Crippen molar-refractivity contribution in [3.8, 4) is 0 Å². The first kappa shape index (κ1) is 20.3. The molecule has 0 aromatic carbocycles. The van der Waals surface area contributed by atoms with Crippen LogP contribution in [0.25, 0.3) is 11.2 Å². The molecule has 11 nitrogen and oxygen atoms in total. The Morgan fingerprint density at radius 1 is 1.38 bits per heavy atom. The number of carbonyl (C=O) groups is 1. The van der Waals surface area contributed by atoms with Crippen LogP contribution in [-0.4, -0.2) is 77.7 Å². The van der Waals surface area contributed by atoms with Gasteiger partial charge in [-0.2, -0.15) is 11.8 Å². The summed E-state index contributed by atoms with van der Waals surface area (Å²) < 4.78 is 6.54. The van der Waals surface area contributed by atoms with Crippen LogP contribution >= 0.6 is 11.8 Å². The zero-order valence-corrected chi connectivity index (χ0v) is 14.9. The molecule has 2 heterocycles. The number of aromatic nitrogens is 4. The molecule has 0 bridgehead atoms. The summed E-state index contributed by atoms with van der Waals surface area (Å²) in [6.07, 6.45) is -0.486. The van der Waals surface area contributed by atoms with Crippen molar-refractivity contribution >= 4 is 34.7 Å². The molecule has 0 unspecified atom stereocenters. The average Bonchev–Trinajstić information content (AvgIpc) is 3.05. The van der Waals surface area contributed by atoms with Gasteiger partial charge in [0, 0.05) is 12.9 Å². The number of hydrogen-bond donors (Lipinski definition) is 5. The van der Waals surface area contributed by atoms with E-state index in [2.05, 4.69) is 15.0 Å². The van der Waals surface area contributed by atoms with E-state index in [-0.39, 0.29) is 12.2 Å². The lowest BCUT2D eigenvalue weighted by Gasteiger charge is -2.26. The molecule has 0 saturated heterocycles. The number of aliphatic carboxylic acids is 1. The number of hydrogen-bond acceptors (Lipinski definition) is 10. The average molecular weight is 386 g/mol. The third-order valence-electron chi connectivity index (χ3n) is 3.83. The zero-order chi connectivity index (χ0) is 19.3. The number of imidazole rings is 1. The second-order valence-corrected chi connectivity index (χ2v) is 6.72. The summed E-state index contributed by atoms with van der Waals surface area (Å²) in [7, 11) is 1.41. The van der Waals surface area contributed by atoms with Crippen LogP contribution < -0.4 is 11.5 Å². The summed E-state index contributed by atoms with van der Waals surface area (Å²) in [4.78, 5) is 22.6. The highest BCUT2D eigenvalue weighted by Gasteiger charge is 2.29. The summed E-state index contributed by atoms with van der Waals surface area (Å²) in [6, 6.07) is -0.929. The van der Waals surface area contributed by atoms with Crippen molar-refractivity contribution in [3.05, 3.63) is 12.7 Å². The first-order valence-corrected chi connectivity index (χ1v) is 8.90. The molecule has 0 aliphatic heterocycles. The molecule has 2 rings (SSSR count). The van der Waals surface area contributed by atoms with Gasteiger partial charge in [-0.15, -0.1) is 0 Å². The van der Waals surface area contributed by atoms with Crippen LogP contribution in [0.3, 0.4) is 0 Å². The number of nitrogens with zero attached hydrogens (tertiary/aromatic N) is 4. The Balaban J connectivity index is 1.99. The minimum absolute atomic E-state index is 0.170. The molecule has 4 atom stereocenters. The number of nitrogens with two attached hydrogens (primary N) is 2. The van der Waals surface area contributed by atoms with Crippen LogP contribution in [0.5, 0.6) is 0 Å². The lowest BCUT2D eigenvalue weighted by atomic mass is 10.2. The predicted molar refractivity (Wildman–Crippen MR) is 95.3 cm³/mol. The Kier molecular flexibility index (Phi) is 7.11. The summed E-state index contributed by atoms with van der Waals surface area (Å²) in [5, 5.41) is 29.7. The molecule has 0 aliphatic carbocycles. The normalized spacial score (nSPS) is 16.3. The number of thioether (sulfide) groups is 1. The monoisotopic (exact) mass is 386 g/mol. The van der Waals surface area contributed by atoms with Gasteiger partial charge in [-0.1, -0.05) is 0 Å². The SMILES string of the molecule is CO[C@H](CSCC[C@H](N)C(=O)O)[C@@H](O)[C@@H](O)n1cnc2c(N)ncnc21. The number of ether oxygens (including phenoxy) is 1. The van der Waals surface area contributed by atoms with Gasteiger partial charge in [-0.3, -0.25) is 9.36 Å². The van der Waals surface area contributed by atoms with Gasteiger partial charge >= 0.3 is 5.97 Å². The fraction of sp³-hybridized carbons (Fsp3) is 0.571. The van der Waals surface area contributed by atoms with Crippen LogP contribution in [0.4, 0.5) is 5.82 Å². The van der Waals surface area contributed by atoms with Crippen LogP contribution in [0.1, 0.15) is 12.6 Å². The van der Waals surface area contributed by atoms with Crippen LogP contribution in [0.2, 0.25) is 0 Å². The van der Waals surface area contributed by atoms with Crippen molar-refractivity contribution < 1.29 is 24.9 Å². The Morgan fingerprint density at radius 2 is 2.12 bits per heavy atom. The molecule has 0 amide bonds. The maximum atomic E-state index is 10.7. The molecule has 0 radical (unpaired) electrons. The van der Waals surface area contributed by atoms with E-state index in [0.29, 0.717) is 22.7 Å². The quantitative estimate of drug-likeness (QED) is 0.309. The van der Waals surface area contributed by atoms with Gasteiger partial charge in [0.15, 0.2) is 17.7 Å². The van der Waals surface area contributed by atoms with Crippen molar-refractivity contribution in [1.82, 2.24) is 19.5 Å². The minimum Gasteiger partial charge on any atom is -0.480 e. The standard InChI is InChI=1S/C14H22N6O5S/c1-25-8(4-26-3-2-7(15)14(23)24)10(21)13(22)20-6-19-9-11(16)17-5-18-12(9)20/h5-8,10,13,21-22H,2-4,15H2,1H3,(H,23,24)(H2,16,17,18)/t7-,8+,10+,13+/m0/s1. The second-order valence-electron chi connectivity index (χ2n) is 5.57. The number of methoxy groups -OCH3 is 1. The third-order valence-corrected chi connectivity index (χ3v) is 4.92. The van der Waals surface area contributed by atoms with Gasteiger partial charge in [0.05, 0.1) is 12.4 Å². The van der Waals surface area contributed by atoms with Gasteiger partial charge in [-0.05, 0) is 12.2 Å². The molecule has 7 N–H and O–H groups in total. The van der Waals surface area contributed by atoms with Gasteiger partial charge in [0.25, 0.3) is 0 Å². The molecule has 12 heteroatoms. The Morgan fingerprint density at radius 3 is 2.77 bits per heavy atom. The number of carboxylic acid groups (broad SMARTS) is 1. The van der Waals surface area contributed by atoms with E-state index in [1.165, 1.54) is 36.1 Å². The molecule has 0 saturated carbocycles. The third kappa shape index (κ3) is 4.59. The molecule has 0 fully saturated rings. The lowest BCUT2D eigenvalue weighted by molar-refractivity contribution is -0.138. The van der Waals surface area contributed by atoms with Crippen LogP contribution in [0.15, 0.2) is 12.7 Å². The van der Waals surface area contributed by atoms with Crippen LogP contribution in [-0.2, 0) is 9.53 Å². The Hall–Kier alpha value is -1.99. The van der Waals surface area contributed by atoms with E-state index in [4.69, 9.17) is 21.3 Å². The van der Waals surface area contributed by atoms with Gasteiger partial charge in [0.2, 0.25) is 0 Å². The molecular weight excluding hydrogens is 364 g/mol.